The average Bonchev–Trinajstić information content (AvgIpc) is 3.81. The lowest BCUT2D eigenvalue weighted by Crippen LogP contribution is -2.34. The molecule has 0 saturated heterocycles. The van der Waals surface area contributed by atoms with Gasteiger partial charge in [-0.2, -0.15) is 0 Å². The molecule has 0 atom stereocenters. The molecule has 2 aliphatic rings. The lowest BCUT2D eigenvalue weighted by Gasteiger charge is -2.23. The number of rotatable bonds is 8. The molecule has 2 fully saturated rings. The summed E-state index contributed by atoms with van der Waals surface area (Å²) in [5, 5.41) is 2.98. The van der Waals surface area contributed by atoms with Gasteiger partial charge in [0.1, 0.15) is 18.0 Å². The van der Waals surface area contributed by atoms with Gasteiger partial charge in [-0.1, -0.05) is 18.2 Å². The van der Waals surface area contributed by atoms with E-state index >= 15 is 0 Å². The number of hydrogen-bond acceptors (Lipinski definition) is 5. The highest BCUT2D eigenvalue weighted by molar-refractivity contribution is 7.10. The summed E-state index contributed by atoms with van der Waals surface area (Å²) in [6, 6.07) is 16.0. The normalized spacial score (nSPS) is 15.4. The predicted octanol–water partition coefficient (Wildman–Crippen LogP) is 5.83. The number of nitrogens with zero attached hydrogens (tertiary/aromatic N) is 4. The number of benzene rings is 2. The van der Waals surface area contributed by atoms with E-state index in [1.54, 1.807) is 17.7 Å². The molecule has 7 heteroatoms. The third-order valence-corrected chi connectivity index (χ3v) is 7.85. The largest absolute Gasteiger partial charge is 0.356 e. The van der Waals surface area contributed by atoms with Crippen LogP contribution in [0.15, 0.2) is 60.2 Å². The first-order valence-electron chi connectivity index (χ1n) is 12.1. The van der Waals surface area contributed by atoms with Gasteiger partial charge >= 0.3 is 0 Å². The molecular weight excluding hydrogens is 459 g/mol. The zero-order chi connectivity index (χ0) is 23.9. The van der Waals surface area contributed by atoms with Crippen molar-refractivity contribution < 1.29 is 9.18 Å². The second-order valence-electron chi connectivity index (χ2n) is 9.59. The van der Waals surface area contributed by atoms with Gasteiger partial charge in [-0.3, -0.25) is 4.79 Å². The standard InChI is InChI=1S/C28H27FN4OS/c1-32(21-6-7-21)28-24-14-19(5-11-26(24)30-17-31-28)18-4-10-25(29)20(13-18)16-33(22-8-9-22)27(34)15-23-3-2-12-35-23/h2-5,10-14,17,21-22H,6-9,15-16H2,1H3. The van der Waals surface area contributed by atoms with Gasteiger partial charge in [-0.05, 0) is 72.5 Å². The van der Waals surface area contributed by atoms with Crippen LogP contribution in [0.2, 0.25) is 0 Å². The number of amides is 1. The van der Waals surface area contributed by atoms with Crippen LogP contribution in [0, 0.1) is 5.82 Å². The van der Waals surface area contributed by atoms with Gasteiger partial charge in [0.05, 0.1) is 11.9 Å². The van der Waals surface area contributed by atoms with Crippen molar-refractivity contribution in [2.24, 2.45) is 0 Å². The molecule has 4 aromatic rings. The van der Waals surface area contributed by atoms with Crippen molar-refractivity contribution in [2.75, 3.05) is 11.9 Å². The molecule has 2 aromatic heterocycles. The summed E-state index contributed by atoms with van der Waals surface area (Å²) in [4.78, 5) is 27.2. The fraction of sp³-hybridized carbons (Fsp3) is 0.321. The van der Waals surface area contributed by atoms with Crippen LogP contribution in [-0.4, -0.2) is 39.9 Å². The highest BCUT2D eigenvalue weighted by Crippen LogP contribution is 2.35. The van der Waals surface area contributed by atoms with Crippen LogP contribution in [0.4, 0.5) is 10.2 Å². The second-order valence-corrected chi connectivity index (χ2v) is 10.6. The van der Waals surface area contributed by atoms with Gasteiger partial charge in [0.25, 0.3) is 0 Å². The molecule has 2 aromatic carbocycles. The number of anilines is 1. The van der Waals surface area contributed by atoms with E-state index in [0.717, 1.165) is 45.6 Å². The van der Waals surface area contributed by atoms with Gasteiger partial charge in [-0.15, -0.1) is 11.3 Å². The second kappa shape index (κ2) is 9.04. The Morgan fingerprint density at radius 2 is 1.80 bits per heavy atom. The number of aromatic nitrogens is 2. The maximum atomic E-state index is 14.9. The zero-order valence-electron chi connectivity index (χ0n) is 19.7. The summed E-state index contributed by atoms with van der Waals surface area (Å²) in [6.45, 7) is 0.293. The Morgan fingerprint density at radius 1 is 1.03 bits per heavy atom. The molecule has 0 N–H and O–H groups in total. The molecule has 6 rings (SSSR count). The fourth-order valence-electron chi connectivity index (χ4n) is 4.67. The Kier molecular flexibility index (Phi) is 5.72. The van der Waals surface area contributed by atoms with E-state index in [4.69, 9.17) is 0 Å². The van der Waals surface area contributed by atoms with Crippen molar-refractivity contribution in [2.45, 2.75) is 50.7 Å². The Hall–Kier alpha value is -3.32. The van der Waals surface area contributed by atoms with Crippen molar-refractivity contribution in [3.8, 4) is 11.1 Å². The first-order chi connectivity index (χ1) is 17.1. The topological polar surface area (TPSA) is 49.3 Å². The summed E-state index contributed by atoms with van der Waals surface area (Å²) >= 11 is 1.58. The lowest BCUT2D eigenvalue weighted by atomic mass is 10.0. The number of fused-ring (bicyclic) bond motifs is 1. The highest BCUT2D eigenvalue weighted by Gasteiger charge is 2.33. The summed E-state index contributed by atoms with van der Waals surface area (Å²) < 4.78 is 14.9. The van der Waals surface area contributed by atoms with Crippen molar-refractivity contribution in [1.29, 1.82) is 0 Å². The van der Waals surface area contributed by atoms with Crippen molar-refractivity contribution in [3.05, 3.63) is 76.5 Å². The maximum Gasteiger partial charge on any atom is 0.228 e. The van der Waals surface area contributed by atoms with E-state index in [1.807, 2.05) is 46.7 Å². The van der Waals surface area contributed by atoms with Gasteiger partial charge in [-0.25, -0.2) is 14.4 Å². The summed E-state index contributed by atoms with van der Waals surface area (Å²) in [7, 11) is 2.09. The average molecular weight is 487 g/mol. The molecular formula is C28H27FN4OS. The smallest absolute Gasteiger partial charge is 0.228 e. The molecule has 5 nitrogen and oxygen atoms in total. The minimum Gasteiger partial charge on any atom is -0.356 e. The van der Waals surface area contributed by atoms with E-state index < -0.39 is 0 Å². The molecule has 2 heterocycles. The molecule has 0 unspecified atom stereocenters. The monoisotopic (exact) mass is 486 g/mol. The molecule has 1 amide bonds. The quantitative estimate of drug-likeness (QED) is 0.314. The van der Waals surface area contributed by atoms with Crippen molar-refractivity contribution >= 4 is 34.0 Å². The van der Waals surface area contributed by atoms with E-state index in [2.05, 4.69) is 28.0 Å². The molecule has 2 aliphatic carbocycles. The Balaban J connectivity index is 1.30. The predicted molar refractivity (Wildman–Crippen MR) is 138 cm³/mol. The Bertz CT molecular complexity index is 1380. The van der Waals surface area contributed by atoms with Crippen LogP contribution in [0.5, 0.6) is 0 Å². The van der Waals surface area contributed by atoms with Crippen LogP contribution in [0.3, 0.4) is 0 Å². The summed E-state index contributed by atoms with van der Waals surface area (Å²) in [5.74, 6) is 0.720. The lowest BCUT2D eigenvalue weighted by molar-refractivity contribution is -0.131. The number of carbonyl (C=O) groups excluding carboxylic acids is 1. The van der Waals surface area contributed by atoms with Gasteiger partial charge in [0, 0.05) is 41.5 Å². The number of thiophene rings is 1. The Labute approximate surface area is 208 Å². The number of halogens is 1. The van der Waals surface area contributed by atoms with Crippen LogP contribution < -0.4 is 4.90 Å². The highest BCUT2D eigenvalue weighted by atomic mass is 32.1. The third kappa shape index (κ3) is 4.65. The fourth-order valence-corrected chi connectivity index (χ4v) is 5.36. The summed E-state index contributed by atoms with van der Waals surface area (Å²) in [6.07, 6.45) is 6.33. The number of hydrogen-bond donors (Lipinski definition) is 0. The van der Waals surface area contributed by atoms with Gasteiger partial charge in [0.15, 0.2) is 0 Å². The summed E-state index contributed by atoms with van der Waals surface area (Å²) in [5.41, 5.74) is 3.36. The van der Waals surface area contributed by atoms with Gasteiger partial charge < -0.3 is 9.80 Å². The van der Waals surface area contributed by atoms with Gasteiger partial charge in [0.2, 0.25) is 5.91 Å². The van der Waals surface area contributed by atoms with E-state index in [0.29, 0.717) is 24.6 Å². The molecule has 2 saturated carbocycles. The number of carbonyl (C=O) groups is 1. The minimum absolute atomic E-state index is 0.0651. The molecule has 35 heavy (non-hydrogen) atoms. The van der Waals surface area contributed by atoms with E-state index in [9.17, 15) is 9.18 Å². The van der Waals surface area contributed by atoms with Crippen LogP contribution in [-0.2, 0) is 17.8 Å². The molecule has 0 radical (unpaired) electrons. The minimum atomic E-state index is -0.276. The van der Waals surface area contributed by atoms with Crippen molar-refractivity contribution in [1.82, 2.24) is 14.9 Å². The molecule has 0 spiro atoms. The van der Waals surface area contributed by atoms with Crippen LogP contribution in [0.1, 0.15) is 36.1 Å². The molecule has 0 aliphatic heterocycles. The zero-order valence-corrected chi connectivity index (χ0v) is 20.5. The van der Waals surface area contributed by atoms with Crippen LogP contribution in [0.25, 0.3) is 22.0 Å². The van der Waals surface area contributed by atoms with Crippen molar-refractivity contribution in [3.63, 3.8) is 0 Å². The third-order valence-electron chi connectivity index (χ3n) is 6.98. The first kappa shape index (κ1) is 22.2. The molecule has 178 valence electrons. The Morgan fingerprint density at radius 3 is 2.54 bits per heavy atom. The maximum absolute atomic E-state index is 14.9. The van der Waals surface area contributed by atoms with E-state index in [-0.39, 0.29) is 17.8 Å². The van der Waals surface area contributed by atoms with E-state index in [1.165, 1.54) is 18.9 Å². The van der Waals surface area contributed by atoms with Crippen LogP contribution >= 0.6 is 11.3 Å². The SMILES string of the molecule is CN(c1ncnc2ccc(-c3ccc(F)c(CN(C(=O)Cc4cccs4)C4CC4)c3)cc12)C1CC1. The molecule has 0 bridgehead atoms. The first-order valence-corrected chi connectivity index (χ1v) is 13.0.